The highest BCUT2D eigenvalue weighted by atomic mass is 32.2. The molecule has 1 aromatic rings. The summed E-state index contributed by atoms with van der Waals surface area (Å²) in [4.78, 5) is 4.47. The molecule has 0 aromatic carbocycles. The van der Waals surface area contributed by atoms with Crippen molar-refractivity contribution >= 4 is 17.7 Å². The van der Waals surface area contributed by atoms with Crippen LogP contribution in [0.3, 0.4) is 0 Å². The molecule has 4 heteroatoms. The number of nitrogens with zero attached hydrogens (tertiary/aromatic N) is 2. The van der Waals surface area contributed by atoms with Crippen molar-refractivity contribution in [2.45, 2.75) is 39.8 Å². The van der Waals surface area contributed by atoms with Crippen molar-refractivity contribution in [3.63, 3.8) is 0 Å². The summed E-state index contributed by atoms with van der Waals surface area (Å²) >= 11 is 1.89. The smallest absolute Gasteiger partial charge is 0.203 e. The minimum atomic E-state index is 0.490. The van der Waals surface area contributed by atoms with E-state index >= 15 is 0 Å². The Hall–Kier alpha value is -0.640. The quantitative estimate of drug-likeness (QED) is 0.810. The van der Waals surface area contributed by atoms with Crippen LogP contribution in [0.4, 0.5) is 5.95 Å². The Morgan fingerprint density at radius 3 is 2.93 bits per heavy atom. The lowest BCUT2D eigenvalue weighted by Gasteiger charge is -2.14. The van der Waals surface area contributed by atoms with E-state index in [1.54, 1.807) is 0 Å². The molecule has 0 saturated heterocycles. The maximum atomic E-state index is 4.47. The van der Waals surface area contributed by atoms with Crippen LogP contribution in [0.2, 0.25) is 0 Å². The average molecular weight is 227 g/mol. The van der Waals surface area contributed by atoms with Crippen molar-refractivity contribution in [2.24, 2.45) is 0 Å². The summed E-state index contributed by atoms with van der Waals surface area (Å²) in [7, 11) is 0. The summed E-state index contributed by atoms with van der Waals surface area (Å²) in [6.07, 6.45) is 5.41. The molecular formula is C11H21N3S. The Labute approximate surface area is 96.7 Å². The second kappa shape index (κ2) is 6.05. The molecule has 1 rings (SSSR count). The molecule has 0 fully saturated rings. The van der Waals surface area contributed by atoms with Crippen LogP contribution in [0, 0.1) is 6.92 Å². The van der Waals surface area contributed by atoms with E-state index in [1.165, 1.54) is 12.2 Å². The third-order valence-electron chi connectivity index (χ3n) is 2.37. The molecular weight excluding hydrogens is 206 g/mol. The first-order valence-electron chi connectivity index (χ1n) is 5.46. The molecule has 15 heavy (non-hydrogen) atoms. The lowest BCUT2D eigenvalue weighted by Crippen LogP contribution is -2.18. The third-order valence-corrected chi connectivity index (χ3v) is 3.01. The number of hydrogen-bond donors (Lipinski definition) is 1. The van der Waals surface area contributed by atoms with E-state index in [2.05, 4.69) is 41.2 Å². The molecule has 86 valence electrons. The van der Waals surface area contributed by atoms with E-state index in [1.807, 2.05) is 18.7 Å². The normalized spacial score (nSPS) is 12.8. The third kappa shape index (κ3) is 3.78. The van der Waals surface area contributed by atoms with E-state index in [0.717, 1.165) is 18.2 Å². The number of rotatable bonds is 6. The van der Waals surface area contributed by atoms with Gasteiger partial charge in [-0.1, -0.05) is 0 Å². The SMILES string of the molecule is CCn1cc(C)nc1NC(C)CCSC. The minimum absolute atomic E-state index is 0.490. The van der Waals surface area contributed by atoms with Crippen molar-refractivity contribution < 1.29 is 0 Å². The van der Waals surface area contributed by atoms with Gasteiger partial charge in [0.15, 0.2) is 0 Å². The molecule has 1 N–H and O–H groups in total. The number of anilines is 1. The molecule has 1 aromatic heterocycles. The Kier molecular flexibility index (Phi) is 5.02. The maximum Gasteiger partial charge on any atom is 0.203 e. The van der Waals surface area contributed by atoms with Gasteiger partial charge in [0.05, 0.1) is 5.69 Å². The zero-order valence-corrected chi connectivity index (χ0v) is 10.9. The number of aromatic nitrogens is 2. The lowest BCUT2D eigenvalue weighted by molar-refractivity contribution is 0.715. The van der Waals surface area contributed by atoms with Crippen molar-refractivity contribution in [1.82, 2.24) is 9.55 Å². The zero-order valence-electron chi connectivity index (χ0n) is 10.1. The highest BCUT2D eigenvalue weighted by Gasteiger charge is 2.07. The van der Waals surface area contributed by atoms with Crippen molar-refractivity contribution in [1.29, 1.82) is 0 Å². The van der Waals surface area contributed by atoms with Crippen LogP contribution < -0.4 is 5.32 Å². The summed E-state index contributed by atoms with van der Waals surface area (Å²) in [5.74, 6) is 2.20. The number of imidazole rings is 1. The van der Waals surface area contributed by atoms with E-state index in [4.69, 9.17) is 0 Å². The molecule has 3 nitrogen and oxygen atoms in total. The molecule has 1 atom stereocenters. The van der Waals surface area contributed by atoms with Crippen molar-refractivity contribution in [3.8, 4) is 0 Å². The summed E-state index contributed by atoms with van der Waals surface area (Å²) in [5, 5.41) is 3.46. The predicted octanol–water partition coefficient (Wildman–Crippen LogP) is 2.76. The van der Waals surface area contributed by atoms with Gasteiger partial charge in [-0.05, 0) is 39.2 Å². The van der Waals surface area contributed by atoms with E-state index in [0.29, 0.717) is 6.04 Å². The van der Waals surface area contributed by atoms with Crippen LogP contribution in [0.15, 0.2) is 6.20 Å². The molecule has 0 bridgehead atoms. The topological polar surface area (TPSA) is 29.9 Å². The van der Waals surface area contributed by atoms with Crippen molar-refractivity contribution in [3.05, 3.63) is 11.9 Å². The number of thioether (sulfide) groups is 1. The molecule has 0 aliphatic rings. The summed E-state index contributed by atoms with van der Waals surface area (Å²) < 4.78 is 2.16. The average Bonchev–Trinajstić information content (AvgIpc) is 2.55. The van der Waals surface area contributed by atoms with Gasteiger partial charge in [0, 0.05) is 18.8 Å². The molecule has 0 radical (unpaired) electrons. The lowest BCUT2D eigenvalue weighted by atomic mass is 10.3. The standard InChI is InChI=1S/C11H21N3S/c1-5-14-8-10(3)13-11(14)12-9(2)6-7-15-4/h8-9H,5-7H2,1-4H3,(H,12,13). The first kappa shape index (κ1) is 12.4. The van der Waals surface area contributed by atoms with E-state index in [-0.39, 0.29) is 0 Å². The van der Waals surface area contributed by atoms with E-state index in [9.17, 15) is 0 Å². The second-order valence-corrected chi connectivity index (χ2v) is 4.80. The number of nitrogens with one attached hydrogen (secondary N) is 1. The van der Waals surface area contributed by atoms with E-state index < -0.39 is 0 Å². The largest absolute Gasteiger partial charge is 0.353 e. The highest BCUT2D eigenvalue weighted by molar-refractivity contribution is 7.98. The molecule has 0 aliphatic heterocycles. The van der Waals surface area contributed by atoms with Crippen molar-refractivity contribution in [2.75, 3.05) is 17.3 Å². The number of aryl methyl sites for hydroxylation is 2. The van der Waals surface area contributed by atoms with Gasteiger partial charge < -0.3 is 9.88 Å². The van der Waals surface area contributed by atoms with Gasteiger partial charge >= 0.3 is 0 Å². The van der Waals surface area contributed by atoms with Crippen LogP contribution in [0.5, 0.6) is 0 Å². The Bertz CT molecular complexity index is 296. The van der Waals surface area contributed by atoms with Gasteiger partial charge in [-0.25, -0.2) is 4.98 Å². The van der Waals surface area contributed by atoms with Gasteiger partial charge in [-0.3, -0.25) is 0 Å². The fourth-order valence-corrected chi connectivity index (χ4v) is 2.08. The molecule has 0 spiro atoms. The second-order valence-electron chi connectivity index (χ2n) is 3.82. The molecule has 0 saturated carbocycles. The van der Waals surface area contributed by atoms with Gasteiger partial charge in [-0.15, -0.1) is 0 Å². The Morgan fingerprint density at radius 2 is 2.33 bits per heavy atom. The monoisotopic (exact) mass is 227 g/mol. The minimum Gasteiger partial charge on any atom is -0.353 e. The van der Waals surface area contributed by atoms with Gasteiger partial charge in [-0.2, -0.15) is 11.8 Å². The summed E-state index contributed by atoms with van der Waals surface area (Å²) in [6.45, 7) is 7.35. The predicted molar refractivity (Wildman–Crippen MR) is 68.7 cm³/mol. The molecule has 0 aliphatic carbocycles. The van der Waals surface area contributed by atoms with Crippen LogP contribution >= 0.6 is 11.8 Å². The first-order valence-corrected chi connectivity index (χ1v) is 6.86. The molecule has 1 unspecified atom stereocenters. The van der Waals surface area contributed by atoms with Crippen LogP contribution in [-0.4, -0.2) is 27.6 Å². The van der Waals surface area contributed by atoms with Gasteiger partial charge in [0.25, 0.3) is 0 Å². The number of hydrogen-bond acceptors (Lipinski definition) is 3. The Morgan fingerprint density at radius 1 is 1.60 bits per heavy atom. The summed E-state index contributed by atoms with van der Waals surface area (Å²) in [6, 6.07) is 0.490. The fourth-order valence-electron chi connectivity index (χ4n) is 1.49. The summed E-state index contributed by atoms with van der Waals surface area (Å²) in [5.41, 5.74) is 1.08. The Balaban J connectivity index is 2.54. The maximum absolute atomic E-state index is 4.47. The van der Waals surface area contributed by atoms with Crippen LogP contribution in [-0.2, 0) is 6.54 Å². The fraction of sp³-hybridized carbons (Fsp3) is 0.727. The molecule has 0 amide bonds. The van der Waals surface area contributed by atoms with Gasteiger partial charge in [0.1, 0.15) is 0 Å². The van der Waals surface area contributed by atoms with Gasteiger partial charge in [0.2, 0.25) is 5.95 Å². The zero-order chi connectivity index (χ0) is 11.3. The van der Waals surface area contributed by atoms with Crippen LogP contribution in [0.25, 0.3) is 0 Å². The first-order chi connectivity index (χ1) is 7.17. The highest BCUT2D eigenvalue weighted by Crippen LogP contribution is 2.11. The van der Waals surface area contributed by atoms with Crippen LogP contribution in [0.1, 0.15) is 26.0 Å². The molecule has 1 heterocycles.